The number of carbonyl (C=O) groups excluding carboxylic acids is 1. The third-order valence-corrected chi connectivity index (χ3v) is 4.66. The zero-order valence-electron chi connectivity index (χ0n) is 14.1. The van der Waals surface area contributed by atoms with Gasteiger partial charge in [-0.05, 0) is 36.5 Å². The first kappa shape index (κ1) is 17.1. The van der Waals surface area contributed by atoms with Crippen LogP contribution < -0.4 is 9.47 Å². The first-order valence-corrected chi connectivity index (χ1v) is 8.95. The van der Waals surface area contributed by atoms with Gasteiger partial charge in [0, 0.05) is 19.2 Å². The molecule has 1 aliphatic carbocycles. The Kier molecular flexibility index (Phi) is 4.90. The number of halogens is 1. The largest absolute Gasteiger partial charge is 0.435 e. The van der Waals surface area contributed by atoms with Crippen LogP contribution in [0.15, 0.2) is 24.3 Å². The van der Waals surface area contributed by atoms with Crippen molar-refractivity contribution in [1.82, 2.24) is 15.1 Å². The normalized spacial score (nSPS) is 16.3. The summed E-state index contributed by atoms with van der Waals surface area (Å²) in [6.45, 7) is 1.94. The third-order valence-electron chi connectivity index (χ3n) is 4.47. The Morgan fingerprint density at radius 3 is 2.85 bits per heavy atom. The van der Waals surface area contributed by atoms with E-state index in [1.165, 1.54) is 11.6 Å². The summed E-state index contributed by atoms with van der Waals surface area (Å²) in [7, 11) is 0. The Morgan fingerprint density at radius 1 is 1.15 bits per heavy atom. The molecule has 1 aliphatic heterocycles. The number of aryl methyl sites for hydroxylation is 1. The number of fused-ring (bicyclic) bond motifs is 1. The van der Waals surface area contributed by atoms with Crippen LogP contribution in [-0.4, -0.2) is 47.5 Å². The summed E-state index contributed by atoms with van der Waals surface area (Å²) in [5.41, 5.74) is 2.44. The van der Waals surface area contributed by atoms with Crippen molar-refractivity contribution < 1.29 is 19.0 Å². The summed E-state index contributed by atoms with van der Waals surface area (Å²) in [6, 6.07) is 7.36. The van der Waals surface area contributed by atoms with Crippen molar-refractivity contribution in [2.24, 2.45) is 0 Å². The van der Waals surface area contributed by atoms with E-state index in [0.717, 1.165) is 24.8 Å². The van der Waals surface area contributed by atoms with Gasteiger partial charge >= 0.3 is 6.09 Å². The first-order chi connectivity index (χ1) is 12.7. The SMILES string of the molecule is O=C(Oc1cc(Cl)nnc1Oc1cccc2c1CCC2)N1CCOCC1. The van der Waals surface area contributed by atoms with Gasteiger partial charge in [-0.15, -0.1) is 10.2 Å². The van der Waals surface area contributed by atoms with Crippen LogP contribution >= 0.6 is 11.6 Å². The minimum atomic E-state index is -0.486. The average molecular weight is 376 g/mol. The van der Waals surface area contributed by atoms with E-state index < -0.39 is 6.09 Å². The van der Waals surface area contributed by atoms with Gasteiger partial charge in [-0.1, -0.05) is 23.7 Å². The molecule has 26 heavy (non-hydrogen) atoms. The van der Waals surface area contributed by atoms with Gasteiger partial charge in [-0.25, -0.2) is 4.79 Å². The van der Waals surface area contributed by atoms with Crippen molar-refractivity contribution in [3.63, 3.8) is 0 Å². The highest BCUT2D eigenvalue weighted by molar-refractivity contribution is 6.29. The predicted octanol–water partition coefficient (Wildman–Crippen LogP) is 3.24. The Labute approximate surface area is 155 Å². The lowest BCUT2D eigenvalue weighted by Crippen LogP contribution is -2.42. The maximum Gasteiger partial charge on any atom is 0.415 e. The molecule has 2 aliphatic rings. The highest BCUT2D eigenvalue weighted by Crippen LogP contribution is 2.36. The van der Waals surface area contributed by atoms with Gasteiger partial charge in [-0.3, -0.25) is 0 Å². The van der Waals surface area contributed by atoms with E-state index in [9.17, 15) is 4.79 Å². The second kappa shape index (κ2) is 7.47. The summed E-state index contributed by atoms with van der Waals surface area (Å²) in [6.07, 6.45) is 2.61. The standard InChI is InChI=1S/C18H18ClN3O4/c19-16-11-15(26-18(23)22-7-9-24-10-8-22)17(21-20-16)25-14-6-2-4-12-3-1-5-13(12)14/h2,4,6,11H,1,3,5,7-10H2. The molecule has 1 saturated heterocycles. The molecule has 0 bridgehead atoms. The quantitative estimate of drug-likeness (QED) is 0.819. The van der Waals surface area contributed by atoms with E-state index in [-0.39, 0.29) is 16.8 Å². The second-order valence-electron chi connectivity index (χ2n) is 6.15. The van der Waals surface area contributed by atoms with E-state index in [4.69, 9.17) is 25.8 Å². The molecule has 0 N–H and O–H groups in total. The molecule has 2 aromatic rings. The van der Waals surface area contributed by atoms with Crippen LogP contribution in [0.2, 0.25) is 5.15 Å². The van der Waals surface area contributed by atoms with Crippen molar-refractivity contribution in [1.29, 1.82) is 0 Å². The van der Waals surface area contributed by atoms with Gasteiger partial charge in [0.15, 0.2) is 10.9 Å². The molecule has 0 saturated carbocycles. The van der Waals surface area contributed by atoms with Crippen molar-refractivity contribution in [3.8, 4) is 17.4 Å². The van der Waals surface area contributed by atoms with Crippen molar-refractivity contribution >= 4 is 17.7 Å². The number of benzene rings is 1. The molecule has 0 spiro atoms. The number of amides is 1. The Balaban J connectivity index is 1.57. The molecule has 0 radical (unpaired) electrons. The van der Waals surface area contributed by atoms with E-state index in [1.54, 1.807) is 4.90 Å². The fourth-order valence-corrected chi connectivity index (χ4v) is 3.31. The Morgan fingerprint density at radius 2 is 2.00 bits per heavy atom. The summed E-state index contributed by atoms with van der Waals surface area (Å²) in [5, 5.41) is 7.91. The topological polar surface area (TPSA) is 73.8 Å². The Bertz CT molecular complexity index is 824. The minimum Gasteiger partial charge on any atom is -0.435 e. The molecular formula is C18H18ClN3O4. The zero-order valence-corrected chi connectivity index (χ0v) is 14.9. The number of aromatic nitrogens is 2. The van der Waals surface area contributed by atoms with E-state index in [0.29, 0.717) is 32.1 Å². The fraction of sp³-hybridized carbons (Fsp3) is 0.389. The second-order valence-corrected chi connectivity index (χ2v) is 6.54. The molecule has 2 heterocycles. The lowest BCUT2D eigenvalue weighted by molar-refractivity contribution is 0.0413. The smallest absolute Gasteiger partial charge is 0.415 e. The molecule has 136 valence electrons. The van der Waals surface area contributed by atoms with E-state index in [1.807, 2.05) is 12.1 Å². The number of hydrogen-bond acceptors (Lipinski definition) is 6. The number of carbonyl (C=O) groups is 1. The summed E-state index contributed by atoms with van der Waals surface area (Å²) in [4.78, 5) is 13.9. The predicted molar refractivity (Wildman–Crippen MR) is 94.0 cm³/mol. The molecule has 1 fully saturated rings. The Hall–Kier alpha value is -2.38. The van der Waals surface area contributed by atoms with Crippen molar-refractivity contribution in [3.05, 3.63) is 40.5 Å². The number of morpholine rings is 1. The molecule has 0 atom stereocenters. The van der Waals surface area contributed by atoms with Crippen LogP contribution in [0.4, 0.5) is 4.79 Å². The maximum atomic E-state index is 12.4. The molecule has 7 nitrogen and oxygen atoms in total. The highest BCUT2D eigenvalue weighted by Gasteiger charge is 2.23. The molecule has 8 heteroatoms. The summed E-state index contributed by atoms with van der Waals surface area (Å²) < 4.78 is 16.7. The zero-order chi connectivity index (χ0) is 17.9. The van der Waals surface area contributed by atoms with Crippen molar-refractivity contribution in [2.45, 2.75) is 19.3 Å². The molecule has 4 rings (SSSR count). The van der Waals surface area contributed by atoms with Crippen LogP contribution in [0.3, 0.4) is 0 Å². The number of hydrogen-bond donors (Lipinski definition) is 0. The molecule has 0 unspecified atom stereocenters. The summed E-state index contributed by atoms with van der Waals surface area (Å²) in [5.74, 6) is 0.980. The van der Waals surface area contributed by atoms with Crippen LogP contribution in [0.25, 0.3) is 0 Å². The molecule has 1 aromatic carbocycles. The van der Waals surface area contributed by atoms with Gasteiger partial charge in [0.25, 0.3) is 5.88 Å². The molecule has 1 amide bonds. The maximum absolute atomic E-state index is 12.4. The van der Waals surface area contributed by atoms with Gasteiger partial charge < -0.3 is 19.1 Å². The van der Waals surface area contributed by atoms with Gasteiger partial charge in [0.1, 0.15) is 5.75 Å². The first-order valence-electron chi connectivity index (χ1n) is 8.57. The van der Waals surface area contributed by atoms with Crippen LogP contribution in [0, 0.1) is 0 Å². The number of nitrogens with zero attached hydrogens (tertiary/aromatic N) is 3. The monoisotopic (exact) mass is 375 g/mol. The molecule has 1 aromatic heterocycles. The average Bonchev–Trinajstić information content (AvgIpc) is 3.14. The lowest BCUT2D eigenvalue weighted by Gasteiger charge is -2.26. The minimum absolute atomic E-state index is 0.122. The third kappa shape index (κ3) is 3.59. The van der Waals surface area contributed by atoms with E-state index in [2.05, 4.69) is 16.3 Å². The van der Waals surface area contributed by atoms with Gasteiger partial charge in [-0.2, -0.15) is 0 Å². The lowest BCUT2D eigenvalue weighted by atomic mass is 10.1. The summed E-state index contributed by atoms with van der Waals surface area (Å²) >= 11 is 5.93. The van der Waals surface area contributed by atoms with Crippen molar-refractivity contribution in [2.75, 3.05) is 26.3 Å². The van der Waals surface area contributed by atoms with E-state index >= 15 is 0 Å². The number of rotatable bonds is 3. The van der Waals surface area contributed by atoms with Crippen LogP contribution in [-0.2, 0) is 17.6 Å². The number of ether oxygens (including phenoxy) is 3. The molecular weight excluding hydrogens is 358 g/mol. The fourth-order valence-electron chi connectivity index (χ4n) is 3.17. The highest BCUT2D eigenvalue weighted by atomic mass is 35.5. The van der Waals surface area contributed by atoms with Crippen LogP contribution in [0.5, 0.6) is 17.4 Å². The van der Waals surface area contributed by atoms with Gasteiger partial charge in [0.05, 0.1) is 13.2 Å². The van der Waals surface area contributed by atoms with Crippen LogP contribution in [0.1, 0.15) is 17.5 Å². The van der Waals surface area contributed by atoms with Gasteiger partial charge in [0.2, 0.25) is 0 Å².